The van der Waals surface area contributed by atoms with Crippen molar-refractivity contribution in [3.63, 3.8) is 0 Å². The van der Waals surface area contributed by atoms with Crippen LogP contribution in [0.15, 0.2) is 24.3 Å². The molecule has 0 aromatic heterocycles. The van der Waals surface area contributed by atoms with E-state index in [2.05, 4.69) is 64.2 Å². The van der Waals surface area contributed by atoms with E-state index in [1.807, 2.05) is 0 Å². The Kier molecular flexibility index (Phi) is 7.29. The molecule has 0 fully saturated rings. The van der Waals surface area contributed by atoms with Gasteiger partial charge < -0.3 is 5.32 Å². The lowest BCUT2D eigenvalue weighted by Gasteiger charge is -2.26. The molecule has 1 aromatic rings. The number of unbranched alkanes of at least 4 members (excludes halogenated alkanes) is 3. The van der Waals surface area contributed by atoms with Crippen LogP contribution in [0.1, 0.15) is 76.8 Å². The van der Waals surface area contributed by atoms with E-state index >= 15 is 0 Å². The highest BCUT2D eigenvalue weighted by Gasteiger charge is 2.15. The largest absolute Gasteiger partial charge is 0.311 e. The molecule has 1 heteroatoms. The molecule has 0 saturated heterocycles. The van der Waals surface area contributed by atoms with Crippen LogP contribution in [0.2, 0.25) is 0 Å². The maximum Gasteiger partial charge on any atom is 0.00967 e. The Morgan fingerprint density at radius 2 is 1.85 bits per heavy atom. The van der Waals surface area contributed by atoms with Crippen molar-refractivity contribution in [2.45, 2.75) is 78.2 Å². The molecular formula is C19H33N. The second kappa shape index (κ2) is 8.46. The van der Waals surface area contributed by atoms with Gasteiger partial charge >= 0.3 is 0 Å². The SMILES string of the molecule is CCCCCCC(CNC(C)(C)C)c1cccc(C)c1. The molecule has 0 saturated carbocycles. The summed E-state index contributed by atoms with van der Waals surface area (Å²) in [6.07, 6.45) is 6.70. The molecule has 20 heavy (non-hydrogen) atoms. The third-order valence-corrected chi connectivity index (χ3v) is 3.80. The average molecular weight is 275 g/mol. The van der Waals surface area contributed by atoms with Crippen molar-refractivity contribution in [2.24, 2.45) is 0 Å². The van der Waals surface area contributed by atoms with E-state index in [9.17, 15) is 0 Å². The smallest absolute Gasteiger partial charge is 0.00967 e. The van der Waals surface area contributed by atoms with Crippen LogP contribution in [0.3, 0.4) is 0 Å². The lowest BCUT2D eigenvalue weighted by molar-refractivity contribution is 0.394. The van der Waals surface area contributed by atoms with Crippen LogP contribution in [0.4, 0.5) is 0 Å². The fourth-order valence-corrected chi connectivity index (χ4v) is 2.56. The van der Waals surface area contributed by atoms with Gasteiger partial charge in [0, 0.05) is 12.1 Å². The van der Waals surface area contributed by atoms with Gasteiger partial charge in [-0.2, -0.15) is 0 Å². The number of aryl methyl sites for hydroxylation is 1. The lowest BCUT2D eigenvalue weighted by Crippen LogP contribution is -2.38. The van der Waals surface area contributed by atoms with E-state index in [4.69, 9.17) is 0 Å². The highest BCUT2D eigenvalue weighted by Crippen LogP contribution is 2.23. The summed E-state index contributed by atoms with van der Waals surface area (Å²) < 4.78 is 0. The fourth-order valence-electron chi connectivity index (χ4n) is 2.56. The van der Waals surface area contributed by atoms with Gasteiger partial charge in [0.1, 0.15) is 0 Å². The van der Waals surface area contributed by atoms with Crippen molar-refractivity contribution in [3.05, 3.63) is 35.4 Å². The van der Waals surface area contributed by atoms with Gasteiger partial charge in [-0.05, 0) is 45.6 Å². The van der Waals surface area contributed by atoms with Crippen molar-refractivity contribution in [3.8, 4) is 0 Å². The number of nitrogens with one attached hydrogen (secondary N) is 1. The van der Waals surface area contributed by atoms with Crippen molar-refractivity contribution >= 4 is 0 Å². The van der Waals surface area contributed by atoms with Gasteiger partial charge in [0.05, 0.1) is 0 Å². The van der Waals surface area contributed by atoms with E-state index < -0.39 is 0 Å². The zero-order chi connectivity index (χ0) is 15.0. The molecule has 0 aliphatic carbocycles. The highest BCUT2D eigenvalue weighted by molar-refractivity contribution is 5.25. The Morgan fingerprint density at radius 3 is 2.45 bits per heavy atom. The van der Waals surface area contributed by atoms with Crippen LogP contribution in [0, 0.1) is 6.92 Å². The van der Waals surface area contributed by atoms with Crippen LogP contribution < -0.4 is 5.32 Å². The average Bonchev–Trinajstić information content (AvgIpc) is 2.36. The second-order valence-electron chi connectivity index (χ2n) is 7.09. The van der Waals surface area contributed by atoms with Crippen molar-refractivity contribution < 1.29 is 0 Å². The maximum atomic E-state index is 3.68. The predicted molar refractivity (Wildman–Crippen MR) is 90.4 cm³/mol. The van der Waals surface area contributed by atoms with Crippen molar-refractivity contribution in [1.82, 2.24) is 5.32 Å². The normalized spacial score (nSPS) is 13.4. The van der Waals surface area contributed by atoms with Crippen LogP contribution in [0.25, 0.3) is 0 Å². The molecule has 0 bridgehead atoms. The Morgan fingerprint density at radius 1 is 1.10 bits per heavy atom. The molecule has 114 valence electrons. The molecule has 0 amide bonds. The van der Waals surface area contributed by atoms with E-state index in [1.165, 1.54) is 43.2 Å². The molecule has 0 heterocycles. The topological polar surface area (TPSA) is 12.0 Å². The summed E-state index contributed by atoms with van der Waals surface area (Å²) in [5, 5.41) is 3.68. The Hall–Kier alpha value is -0.820. The first kappa shape index (κ1) is 17.2. The van der Waals surface area contributed by atoms with E-state index in [0.717, 1.165) is 6.54 Å². The van der Waals surface area contributed by atoms with Crippen LogP contribution in [-0.4, -0.2) is 12.1 Å². The van der Waals surface area contributed by atoms with Crippen molar-refractivity contribution in [2.75, 3.05) is 6.54 Å². The van der Waals surface area contributed by atoms with E-state index in [0.29, 0.717) is 5.92 Å². The Labute approximate surface area is 126 Å². The molecule has 0 aliphatic heterocycles. The minimum Gasteiger partial charge on any atom is -0.311 e. The summed E-state index contributed by atoms with van der Waals surface area (Å²) in [7, 11) is 0. The van der Waals surface area contributed by atoms with Gasteiger partial charge in [-0.3, -0.25) is 0 Å². The first-order chi connectivity index (χ1) is 9.42. The van der Waals surface area contributed by atoms with Gasteiger partial charge in [-0.25, -0.2) is 0 Å². The minimum absolute atomic E-state index is 0.200. The summed E-state index contributed by atoms with van der Waals surface area (Å²) in [5.74, 6) is 0.644. The van der Waals surface area contributed by atoms with Gasteiger partial charge in [0.25, 0.3) is 0 Å². The van der Waals surface area contributed by atoms with Crippen LogP contribution in [0.5, 0.6) is 0 Å². The van der Waals surface area contributed by atoms with E-state index in [-0.39, 0.29) is 5.54 Å². The number of benzene rings is 1. The highest BCUT2D eigenvalue weighted by atomic mass is 14.9. The molecule has 1 aromatic carbocycles. The van der Waals surface area contributed by atoms with Crippen molar-refractivity contribution in [1.29, 1.82) is 0 Å². The number of rotatable bonds is 8. The molecule has 1 rings (SSSR count). The second-order valence-corrected chi connectivity index (χ2v) is 7.09. The first-order valence-electron chi connectivity index (χ1n) is 8.24. The predicted octanol–water partition coefficient (Wildman–Crippen LogP) is 5.44. The third kappa shape index (κ3) is 7.09. The zero-order valence-corrected chi connectivity index (χ0v) is 14.1. The summed E-state index contributed by atoms with van der Waals surface area (Å²) >= 11 is 0. The monoisotopic (exact) mass is 275 g/mol. The van der Waals surface area contributed by atoms with Crippen LogP contribution >= 0.6 is 0 Å². The maximum absolute atomic E-state index is 3.68. The van der Waals surface area contributed by atoms with Gasteiger partial charge in [-0.15, -0.1) is 0 Å². The molecule has 0 spiro atoms. The third-order valence-electron chi connectivity index (χ3n) is 3.80. The Balaban J connectivity index is 2.63. The molecular weight excluding hydrogens is 242 g/mol. The summed E-state index contributed by atoms with van der Waals surface area (Å²) in [6, 6.07) is 9.03. The van der Waals surface area contributed by atoms with Gasteiger partial charge in [-0.1, -0.05) is 62.4 Å². The van der Waals surface area contributed by atoms with Gasteiger partial charge in [0.15, 0.2) is 0 Å². The zero-order valence-electron chi connectivity index (χ0n) is 14.1. The summed E-state index contributed by atoms with van der Waals surface area (Å²) in [6.45, 7) is 12.3. The number of hydrogen-bond donors (Lipinski definition) is 1. The lowest BCUT2D eigenvalue weighted by atomic mass is 9.91. The van der Waals surface area contributed by atoms with Crippen LogP contribution in [-0.2, 0) is 0 Å². The minimum atomic E-state index is 0.200. The Bertz CT molecular complexity index is 376. The fraction of sp³-hybridized carbons (Fsp3) is 0.684. The quantitative estimate of drug-likeness (QED) is 0.623. The molecule has 1 atom stereocenters. The molecule has 0 radical (unpaired) electrons. The van der Waals surface area contributed by atoms with Gasteiger partial charge in [0.2, 0.25) is 0 Å². The summed E-state index contributed by atoms with van der Waals surface area (Å²) in [5.41, 5.74) is 3.07. The van der Waals surface area contributed by atoms with E-state index in [1.54, 1.807) is 0 Å². The molecule has 1 nitrogen and oxygen atoms in total. The molecule has 0 aliphatic rings. The first-order valence-corrected chi connectivity index (χ1v) is 8.24. The molecule has 1 N–H and O–H groups in total. The molecule has 1 unspecified atom stereocenters. The standard InChI is InChI=1S/C19H33N/c1-6-7-8-9-12-18(15-20-19(3,4)5)17-13-10-11-16(2)14-17/h10-11,13-14,18,20H,6-9,12,15H2,1-5H3. The summed E-state index contributed by atoms with van der Waals surface area (Å²) in [4.78, 5) is 0. The number of hydrogen-bond acceptors (Lipinski definition) is 1.